The molecular formula is C15H24N2O2. The van der Waals surface area contributed by atoms with Gasteiger partial charge in [0.15, 0.2) is 11.5 Å². The minimum absolute atomic E-state index is 0.650. The van der Waals surface area contributed by atoms with Crippen LogP contribution in [0.4, 0.5) is 0 Å². The first kappa shape index (κ1) is 14.2. The van der Waals surface area contributed by atoms with Crippen LogP contribution in [0.25, 0.3) is 0 Å². The molecule has 1 aromatic carbocycles. The van der Waals surface area contributed by atoms with Crippen molar-refractivity contribution in [3.8, 4) is 11.5 Å². The zero-order valence-electron chi connectivity index (χ0n) is 12.2. The molecule has 106 valence electrons. The fourth-order valence-corrected chi connectivity index (χ4v) is 2.23. The Hall–Kier alpha value is -1.26. The Morgan fingerprint density at radius 1 is 1.16 bits per heavy atom. The summed E-state index contributed by atoms with van der Waals surface area (Å²) in [6.45, 7) is 6.59. The third-order valence-corrected chi connectivity index (χ3v) is 3.51. The molecule has 0 amide bonds. The van der Waals surface area contributed by atoms with Crippen LogP contribution < -0.4 is 14.8 Å². The van der Waals surface area contributed by atoms with Gasteiger partial charge in [-0.3, -0.25) is 0 Å². The normalized spacial score (nSPS) is 13.9. The molecule has 0 aromatic heterocycles. The second-order valence-electron chi connectivity index (χ2n) is 5.08. The second kappa shape index (κ2) is 6.78. The molecule has 0 atom stereocenters. The number of likely N-dealkylation sites (N-methyl/N-ethyl adjacent to an activating group) is 2. The summed E-state index contributed by atoms with van der Waals surface area (Å²) in [7, 11) is 4.14. The number of ether oxygens (including phenoxy) is 2. The summed E-state index contributed by atoms with van der Waals surface area (Å²) < 4.78 is 11.2. The Morgan fingerprint density at radius 3 is 2.53 bits per heavy atom. The Labute approximate surface area is 115 Å². The number of nitrogens with zero attached hydrogens (tertiary/aromatic N) is 1. The van der Waals surface area contributed by atoms with Crippen molar-refractivity contribution in [1.29, 1.82) is 0 Å². The van der Waals surface area contributed by atoms with Gasteiger partial charge < -0.3 is 19.7 Å². The van der Waals surface area contributed by atoms with Gasteiger partial charge in [-0.1, -0.05) is 0 Å². The highest BCUT2D eigenvalue weighted by Crippen LogP contribution is 2.33. The van der Waals surface area contributed by atoms with E-state index in [0.29, 0.717) is 13.2 Å². The van der Waals surface area contributed by atoms with E-state index >= 15 is 0 Å². The molecule has 1 aromatic rings. The minimum Gasteiger partial charge on any atom is -0.486 e. The first-order valence-electron chi connectivity index (χ1n) is 6.93. The molecule has 0 aliphatic carbocycles. The van der Waals surface area contributed by atoms with Crippen LogP contribution in [0, 0.1) is 6.92 Å². The van der Waals surface area contributed by atoms with E-state index in [1.807, 2.05) is 7.05 Å². The van der Waals surface area contributed by atoms with Crippen molar-refractivity contribution in [2.45, 2.75) is 13.3 Å². The second-order valence-corrected chi connectivity index (χ2v) is 5.08. The van der Waals surface area contributed by atoms with Gasteiger partial charge in [0, 0.05) is 19.6 Å². The molecule has 19 heavy (non-hydrogen) atoms. The number of hydrogen-bond donors (Lipinski definition) is 1. The molecule has 4 nitrogen and oxygen atoms in total. The van der Waals surface area contributed by atoms with Crippen LogP contribution in [-0.4, -0.2) is 51.8 Å². The highest BCUT2D eigenvalue weighted by atomic mass is 16.6. The topological polar surface area (TPSA) is 33.7 Å². The number of benzene rings is 1. The molecular weight excluding hydrogens is 240 g/mol. The molecule has 1 heterocycles. The van der Waals surface area contributed by atoms with E-state index < -0.39 is 0 Å². The predicted molar refractivity (Wildman–Crippen MR) is 77.3 cm³/mol. The zero-order chi connectivity index (χ0) is 13.7. The summed E-state index contributed by atoms with van der Waals surface area (Å²) in [6, 6.07) is 4.23. The van der Waals surface area contributed by atoms with Crippen molar-refractivity contribution in [2.75, 3.05) is 46.9 Å². The summed E-state index contributed by atoms with van der Waals surface area (Å²) in [4.78, 5) is 2.34. The maximum Gasteiger partial charge on any atom is 0.161 e. The quantitative estimate of drug-likeness (QED) is 0.843. The number of rotatable bonds is 6. The van der Waals surface area contributed by atoms with E-state index in [4.69, 9.17) is 9.47 Å². The van der Waals surface area contributed by atoms with E-state index in [-0.39, 0.29) is 0 Å². The van der Waals surface area contributed by atoms with Gasteiger partial charge in [-0.05, 0) is 50.7 Å². The lowest BCUT2D eigenvalue weighted by Gasteiger charge is -2.21. The van der Waals surface area contributed by atoms with Gasteiger partial charge in [-0.25, -0.2) is 0 Å². The lowest BCUT2D eigenvalue weighted by Crippen LogP contribution is -2.29. The third kappa shape index (κ3) is 3.85. The fraction of sp³-hybridized carbons (Fsp3) is 0.600. The maximum atomic E-state index is 5.64. The summed E-state index contributed by atoms with van der Waals surface area (Å²) in [5.74, 6) is 1.78. The van der Waals surface area contributed by atoms with Gasteiger partial charge >= 0.3 is 0 Å². The van der Waals surface area contributed by atoms with Gasteiger partial charge in [0.05, 0.1) is 0 Å². The Kier molecular flexibility index (Phi) is 5.05. The average molecular weight is 264 g/mol. The molecule has 0 bridgehead atoms. The minimum atomic E-state index is 0.650. The van der Waals surface area contributed by atoms with E-state index in [1.165, 1.54) is 11.1 Å². The fourth-order valence-electron chi connectivity index (χ4n) is 2.23. The van der Waals surface area contributed by atoms with E-state index in [1.54, 1.807) is 0 Å². The molecule has 0 unspecified atom stereocenters. The molecule has 1 aliphatic heterocycles. The van der Waals surface area contributed by atoms with E-state index in [9.17, 15) is 0 Å². The van der Waals surface area contributed by atoms with Crippen LogP contribution in [0.3, 0.4) is 0 Å². The molecule has 2 rings (SSSR count). The van der Waals surface area contributed by atoms with Crippen molar-refractivity contribution in [2.24, 2.45) is 0 Å². The smallest absolute Gasteiger partial charge is 0.161 e. The monoisotopic (exact) mass is 264 g/mol. The van der Waals surface area contributed by atoms with Crippen molar-refractivity contribution >= 4 is 0 Å². The van der Waals surface area contributed by atoms with Gasteiger partial charge in [-0.2, -0.15) is 0 Å². The van der Waals surface area contributed by atoms with Crippen LogP contribution in [0.15, 0.2) is 12.1 Å². The predicted octanol–water partition coefficient (Wildman–Crippen LogP) is 1.46. The van der Waals surface area contributed by atoms with Crippen LogP contribution >= 0.6 is 0 Å². The van der Waals surface area contributed by atoms with Gasteiger partial charge in [-0.15, -0.1) is 0 Å². The molecule has 1 N–H and O–H groups in total. The third-order valence-electron chi connectivity index (χ3n) is 3.51. The van der Waals surface area contributed by atoms with Crippen LogP contribution in [0.5, 0.6) is 11.5 Å². The van der Waals surface area contributed by atoms with Gasteiger partial charge in [0.25, 0.3) is 0 Å². The van der Waals surface area contributed by atoms with Crippen molar-refractivity contribution in [1.82, 2.24) is 10.2 Å². The Balaban J connectivity index is 1.96. The summed E-state index contributed by atoms with van der Waals surface area (Å²) in [5.41, 5.74) is 2.63. The highest BCUT2D eigenvalue weighted by molar-refractivity contribution is 5.47. The number of nitrogens with one attached hydrogen (secondary N) is 1. The van der Waals surface area contributed by atoms with E-state index in [0.717, 1.165) is 37.6 Å². The highest BCUT2D eigenvalue weighted by Gasteiger charge is 2.14. The molecule has 0 spiro atoms. The Morgan fingerprint density at radius 2 is 1.84 bits per heavy atom. The van der Waals surface area contributed by atoms with Crippen LogP contribution in [0.1, 0.15) is 11.1 Å². The molecule has 0 saturated heterocycles. The maximum absolute atomic E-state index is 5.64. The number of fused-ring (bicyclic) bond motifs is 1. The summed E-state index contributed by atoms with van der Waals surface area (Å²) in [6.07, 6.45) is 1.04. The first-order chi connectivity index (χ1) is 9.20. The van der Waals surface area contributed by atoms with Gasteiger partial charge in [0.1, 0.15) is 13.2 Å². The first-order valence-corrected chi connectivity index (χ1v) is 6.93. The summed E-state index contributed by atoms with van der Waals surface area (Å²) in [5, 5.41) is 3.17. The van der Waals surface area contributed by atoms with Crippen molar-refractivity contribution in [3.63, 3.8) is 0 Å². The van der Waals surface area contributed by atoms with Crippen molar-refractivity contribution < 1.29 is 9.47 Å². The number of aryl methyl sites for hydroxylation is 1. The zero-order valence-corrected chi connectivity index (χ0v) is 12.2. The molecule has 1 aliphatic rings. The van der Waals surface area contributed by atoms with Gasteiger partial charge in [0.2, 0.25) is 0 Å². The molecule has 0 fully saturated rings. The molecule has 4 heteroatoms. The molecule has 0 radical (unpaired) electrons. The van der Waals surface area contributed by atoms with Crippen LogP contribution in [0.2, 0.25) is 0 Å². The standard InChI is InChI=1S/C15H24N2O2/c1-12-10-14-15(19-9-8-18-14)11-13(12)4-6-17(3)7-5-16-2/h10-11,16H,4-9H2,1-3H3. The lowest BCUT2D eigenvalue weighted by atomic mass is 10.0. The molecule has 0 saturated carbocycles. The van der Waals surface area contributed by atoms with Crippen LogP contribution in [-0.2, 0) is 6.42 Å². The van der Waals surface area contributed by atoms with Crippen molar-refractivity contribution in [3.05, 3.63) is 23.3 Å². The largest absolute Gasteiger partial charge is 0.486 e. The Bertz CT molecular complexity index is 421. The summed E-state index contributed by atoms with van der Waals surface area (Å²) >= 11 is 0. The van der Waals surface area contributed by atoms with E-state index in [2.05, 4.69) is 36.3 Å². The average Bonchev–Trinajstić information content (AvgIpc) is 2.42. The SMILES string of the molecule is CNCCN(C)CCc1cc2c(cc1C)OCCO2. The number of hydrogen-bond acceptors (Lipinski definition) is 4. The lowest BCUT2D eigenvalue weighted by molar-refractivity contribution is 0.171.